The van der Waals surface area contributed by atoms with Gasteiger partial charge in [-0.05, 0) is 79.6 Å². The third kappa shape index (κ3) is 7.60. The molecule has 3 N–H and O–H groups in total. The lowest BCUT2D eigenvalue weighted by molar-refractivity contribution is -0.134. The first-order valence-corrected chi connectivity index (χ1v) is 20.4. The third-order valence-electron chi connectivity index (χ3n) is 12.1. The van der Waals surface area contributed by atoms with E-state index in [0.717, 1.165) is 82.8 Å². The van der Waals surface area contributed by atoms with E-state index < -0.39 is 0 Å². The molecule has 2 bridgehead atoms. The number of benzene rings is 2. The molecule has 3 saturated heterocycles. The zero-order valence-corrected chi connectivity index (χ0v) is 34.0. The van der Waals surface area contributed by atoms with E-state index in [-0.39, 0.29) is 40.9 Å². The molecule has 3 fully saturated rings. The summed E-state index contributed by atoms with van der Waals surface area (Å²) in [5.74, 6) is -0.582. The van der Waals surface area contributed by atoms with Crippen LogP contribution in [0, 0.1) is 6.92 Å². The Morgan fingerprint density at radius 2 is 1.81 bits per heavy atom. The second-order valence-corrected chi connectivity index (χ2v) is 17.2. The Bertz CT molecular complexity index is 2560. The van der Waals surface area contributed by atoms with Crippen molar-refractivity contribution >= 4 is 34.4 Å². The molecule has 14 nitrogen and oxygen atoms in total. The molecule has 9 rings (SSSR count). The van der Waals surface area contributed by atoms with Crippen molar-refractivity contribution in [1.29, 1.82) is 0 Å². The van der Waals surface area contributed by atoms with E-state index in [1.807, 2.05) is 71.3 Å². The quantitative estimate of drug-likeness (QED) is 0.135. The van der Waals surface area contributed by atoms with E-state index >= 15 is 0 Å². The number of hydrogen-bond acceptors (Lipinski definition) is 11. The van der Waals surface area contributed by atoms with Crippen LogP contribution in [0.3, 0.4) is 0 Å². The maximum absolute atomic E-state index is 12.9. The number of hydrogen-bond donors (Lipinski definition) is 3. The predicted octanol–water partition coefficient (Wildman–Crippen LogP) is 6.19. The summed E-state index contributed by atoms with van der Waals surface area (Å²) in [6.45, 7) is 12.8. The zero-order valence-electron chi connectivity index (χ0n) is 34.0. The highest BCUT2D eigenvalue weighted by molar-refractivity contribution is 6.01. The Morgan fingerprint density at radius 1 is 0.983 bits per heavy atom. The molecule has 3 aliphatic rings. The Labute approximate surface area is 342 Å². The number of carbonyl (C=O) groups is 3. The van der Waals surface area contributed by atoms with Crippen LogP contribution in [-0.4, -0.2) is 84.6 Å². The first kappa shape index (κ1) is 38.2. The molecule has 4 aromatic heterocycles. The highest BCUT2D eigenvalue weighted by Crippen LogP contribution is 2.36. The first-order valence-electron chi connectivity index (χ1n) is 20.4. The van der Waals surface area contributed by atoms with Crippen molar-refractivity contribution in [1.82, 2.24) is 45.8 Å². The molecule has 4 atom stereocenters. The van der Waals surface area contributed by atoms with Gasteiger partial charge in [-0.3, -0.25) is 34.7 Å². The van der Waals surface area contributed by atoms with Crippen LogP contribution in [0.15, 0.2) is 77.6 Å². The number of aromatic nitrogens is 6. The average Bonchev–Trinajstić information content (AvgIpc) is 4.05. The Balaban J connectivity index is 0.818. The summed E-state index contributed by atoms with van der Waals surface area (Å²) < 4.78 is 5.31. The van der Waals surface area contributed by atoms with Crippen LogP contribution in [0.4, 0.5) is 5.69 Å². The number of nitrogens with one attached hydrogen (secondary N) is 3. The van der Waals surface area contributed by atoms with Crippen molar-refractivity contribution in [3.63, 3.8) is 0 Å². The number of carbonyl (C=O) groups excluding carboxylic acids is 3. The second kappa shape index (κ2) is 15.1. The van der Waals surface area contributed by atoms with E-state index in [0.29, 0.717) is 36.5 Å². The van der Waals surface area contributed by atoms with Gasteiger partial charge in [0, 0.05) is 66.3 Å². The summed E-state index contributed by atoms with van der Waals surface area (Å²) in [6.07, 6.45) is 6.87. The van der Waals surface area contributed by atoms with Crippen molar-refractivity contribution in [2.45, 2.75) is 89.8 Å². The van der Waals surface area contributed by atoms with Gasteiger partial charge in [-0.1, -0.05) is 62.3 Å². The molecule has 3 amide bonds. The van der Waals surface area contributed by atoms with Gasteiger partial charge in [0.15, 0.2) is 5.65 Å². The lowest BCUT2D eigenvalue weighted by Gasteiger charge is -2.35. The average molecular weight is 793 g/mol. The Hall–Kier alpha value is -6.28. The molecule has 6 aromatic rings. The van der Waals surface area contributed by atoms with Crippen LogP contribution in [0.5, 0.6) is 0 Å². The van der Waals surface area contributed by atoms with Gasteiger partial charge in [0.2, 0.25) is 17.7 Å². The number of piperazine rings is 1. The number of piperidine rings is 1. The van der Waals surface area contributed by atoms with Crippen molar-refractivity contribution in [3.05, 3.63) is 107 Å². The zero-order chi connectivity index (χ0) is 41.0. The van der Waals surface area contributed by atoms with Gasteiger partial charge in [0.25, 0.3) is 11.7 Å². The second-order valence-electron chi connectivity index (χ2n) is 17.2. The molecule has 302 valence electrons. The minimum Gasteiger partial charge on any atom is -0.364 e. The number of amides is 3. The van der Waals surface area contributed by atoms with E-state index in [2.05, 4.69) is 77.2 Å². The molecule has 59 heavy (non-hydrogen) atoms. The monoisotopic (exact) mass is 792 g/mol. The van der Waals surface area contributed by atoms with Gasteiger partial charge in [-0.25, -0.2) is 4.98 Å². The highest BCUT2D eigenvalue weighted by Gasteiger charge is 2.43. The minimum absolute atomic E-state index is 0.0172. The lowest BCUT2D eigenvalue weighted by atomic mass is 9.90. The number of aryl methyl sites for hydroxylation is 1. The Morgan fingerprint density at radius 3 is 2.51 bits per heavy atom. The van der Waals surface area contributed by atoms with Gasteiger partial charge in [-0.2, -0.15) is 10.1 Å². The van der Waals surface area contributed by atoms with Gasteiger partial charge in [0.05, 0.1) is 29.5 Å². The molecule has 4 unspecified atom stereocenters. The summed E-state index contributed by atoms with van der Waals surface area (Å²) in [4.78, 5) is 55.7. The number of nitrogens with zero attached hydrogens (tertiary/aromatic N) is 7. The molecule has 0 aliphatic carbocycles. The topological polar surface area (TPSA) is 175 Å². The number of rotatable bonds is 10. The number of aromatic amines is 1. The van der Waals surface area contributed by atoms with Crippen molar-refractivity contribution in [3.8, 4) is 22.5 Å². The molecule has 14 heteroatoms. The summed E-state index contributed by atoms with van der Waals surface area (Å²) in [5.41, 5.74) is 9.18. The molecule has 0 radical (unpaired) electrons. The third-order valence-corrected chi connectivity index (χ3v) is 12.1. The maximum Gasteiger partial charge on any atom is 0.293 e. The fraction of sp³-hybridized carbons (Fsp3) is 0.378. The molecule has 0 saturated carbocycles. The van der Waals surface area contributed by atoms with Crippen molar-refractivity contribution in [2.24, 2.45) is 0 Å². The number of imide groups is 1. The van der Waals surface area contributed by atoms with Crippen LogP contribution < -0.4 is 15.5 Å². The van der Waals surface area contributed by atoms with Gasteiger partial charge >= 0.3 is 0 Å². The normalized spacial score (nSPS) is 20.0. The number of pyridine rings is 2. The van der Waals surface area contributed by atoms with Gasteiger partial charge in [0.1, 0.15) is 5.69 Å². The standard InChI is InChI=1S/C45H48N10O4/c1-25-18-29(10-12-34(25)26(2)48-43(58)41-50-44(59-53-41)45(3,4)5)39-36-19-30(21-47-40(36)52-51-39)37-14-11-31(22-46-37)55-24-32-20-33(55)23-54(32)17-16-27-6-8-28(9-7-27)35-13-15-38(56)49-42(35)57/h6-12,14,18-19,21-22,26,32-33,35H,13,15-17,20,23-24H2,1-5H3,(H,48,58)(H,47,51,52)(H,49,56,57). The number of H-pyrrole nitrogens is 1. The SMILES string of the molecule is Cc1cc(-c2n[nH]c3ncc(-c4ccc(N5CC6CC5CN6CCc5ccc(C6CCC(=O)NC6=O)cc5)cn4)cc23)ccc1C(C)NC(=O)c1noc(C(C)(C)C)n1. The summed E-state index contributed by atoms with van der Waals surface area (Å²) in [6, 6.07) is 21.4. The maximum atomic E-state index is 12.9. The number of anilines is 1. The Kier molecular flexibility index (Phi) is 9.82. The smallest absolute Gasteiger partial charge is 0.293 e. The van der Waals surface area contributed by atoms with Gasteiger partial charge in [-0.15, -0.1) is 0 Å². The fourth-order valence-electron chi connectivity index (χ4n) is 8.80. The van der Waals surface area contributed by atoms with Crippen LogP contribution in [0.1, 0.15) is 97.7 Å². The molecule has 7 heterocycles. The predicted molar refractivity (Wildman–Crippen MR) is 223 cm³/mol. The van der Waals surface area contributed by atoms with Crippen LogP contribution in [-0.2, 0) is 21.4 Å². The number of likely N-dealkylation sites (tertiary alicyclic amines) is 1. The first-order chi connectivity index (χ1) is 28.4. The molecule has 3 aliphatic heterocycles. The largest absolute Gasteiger partial charge is 0.364 e. The van der Waals surface area contributed by atoms with Crippen molar-refractivity contribution in [2.75, 3.05) is 24.5 Å². The molecular weight excluding hydrogens is 745 g/mol. The van der Waals surface area contributed by atoms with Crippen LogP contribution in [0.25, 0.3) is 33.5 Å². The van der Waals surface area contributed by atoms with Crippen LogP contribution >= 0.6 is 0 Å². The lowest BCUT2D eigenvalue weighted by Crippen LogP contribution is -2.47. The van der Waals surface area contributed by atoms with Crippen molar-refractivity contribution < 1.29 is 18.9 Å². The van der Waals surface area contributed by atoms with Crippen LogP contribution in [0.2, 0.25) is 0 Å². The van der Waals surface area contributed by atoms with E-state index in [1.165, 1.54) is 5.56 Å². The highest BCUT2D eigenvalue weighted by atomic mass is 16.5. The van der Waals surface area contributed by atoms with Gasteiger partial charge < -0.3 is 14.7 Å². The fourth-order valence-corrected chi connectivity index (χ4v) is 8.80. The molecule has 0 spiro atoms. The van der Waals surface area contributed by atoms with E-state index in [1.54, 1.807) is 0 Å². The summed E-state index contributed by atoms with van der Waals surface area (Å²) in [5, 5.41) is 18.0. The number of fused-ring (bicyclic) bond motifs is 3. The molecule has 2 aromatic carbocycles. The minimum atomic E-state index is -0.390. The summed E-state index contributed by atoms with van der Waals surface area (Å²) in [7, 11) is 0. The van der Waals surface area contributed by atoms with E-state index in [9.17, 15) is 14.4 Å². The molecular formula is C45H48N10O4. The van der Waals surface area contributed by atoms with E-state index in [4.69, 9.17) is 14.5 Å². The summed E-state index contributed by atoms with van der Waals surface area (Å²) >= 11 is 0.